The van der Waals surface area contributed by atoms with Crippen molar-refractivity contribution in [2.75, 3.05) is 6.54 Å². The van der Waals surface area contributed by atoms with Gasteiger partial charge < -0.3 is 5.32 Å². The first-order chi connectivity index (χ1) is 8.57. The number of aromatic nitrogens is 3. The summed E-state index contributed by atoms with van der Waals surface area (Å²) in [6.45, 7) is 17.7. The lowest BCUT2D eigenvalue weighted by Gasteiger charge is -2.17. The van der Waals surface area contributed by atoms with Crippen molar-refractivity contribution in [2.45, 2.75) is 60.5 Å². The SMILES string of the molecule is CC(C)(C)n1cc(CNCC2C(C)(C)C2(C)C)nn1. The Kier molecular flexibility index (Phi) is 3.28. The summed E-state index contributed by atoms with van der Waals surface area (Å²) in [4.78, 5) is 0. The van der Waals surface area contributed by atoms with Crippen LogP contribution < -0.4 is 5.32 Å². The standard InChI is InChI=1S/C15H28N4/c1-13(2,3)19-10-11(17-18-19)8-16-9-12-14(4,5)15(12,6)7/h10,12,16H,8-9H2,1-7H3. The third-order valence-corrected chi connectivity index (χ3v) is 5.20. The summed E-state index contributed by atoms with van der Waals surface area (Å²) in [6, 6.07) is 0. The van der Waals surface area contributed by atoms with Crippen molar-refractivity contribution in [1.29, 1.82) is 0 Å². The molecule has 1 saturated carbocycles. The lowest BCUT2D eigenvalue weighted by Crippen LogP contribution is -2.22. The summed E-state index contributed by atoms with van der Waals surface area (Å²) in [6.07, 6.45) is 2.04. The summed E-state index contributed by atoms with van der Waals surface area (Å²) in [5.41, 5.74) is 1.92. The molecule has 1 heterocycles. The summed E-state index contributed by atoms with van der Waals surface area (Å²) >= 11 is 0. The highest BCUT2D eigenvalue weighted by Gasteiger charge is 2.63. The summed E-state index contributed by atoms with van der Waals surface area (Å²) in [5, 5.41) is 11.9. The van der Waals surface area contributed by atoms with Crippen LogP contribution in [-0.2, 0) is 12.1 Å². The second kappa shape index (κ2) is 4.30. The molecule has 1 aromatic rings. The molecule has 2 rings (SSSR count). The highest BCUT2D eigenvalue weighted by atomic mass is 15.4. The predicted molar refractivity (Wildman–Crippen MR) is 77.8 cm³/mol. The fraction of sp³-hybridized carbons (Fsp3) is 0.867. The molecule has 1 aliphatic rings. The largest absolute Gasteiger partial charge is 0.311 e. The van der Waals surface area contributed by atoms with Gasteiger partial charge in [0.25, 0.3) is 0 Å². The van der Waals surface area contributed by atoms with E-state index in [0.29, 0.717) is 10.8 Å². The number of nitrogens with zero attached hydrogens (tertiary/aromatic N) is 3. The molecule has 0 aromatic carbocycles. The quantitative estimate of drug-likeness (QED) is 0.909. The van der Waals surface area contributed by atoms with Crippen LogP contribution in [-0.4, -0.2) is 21.5 Å². The van der Waals surface area contributed by atoms with Crippen molar-refractivity contribution in [2.24, 2.45) is 16.7 Å². The fourth-order valence-corrected chi connectivity index (χ4v) is 2.90. The van der Waals surface area contributed by atoms with E-state index in [2.05, 4.69) is 64.1 Å². The lowest BCUT2D eigenvalue weighted by atomic mass is 10.0. The van der Waals surface area contributed by atoms with E-state index in [1.54, 1.807) is 0 Å². The molecule has 0 atom stereocenters. The molecule has 1 N–H and O–H groups in total. The van der Waals surface area contributed by atoms with E-state index in [1.165, 1.54) is 0 Å². The van der Waals surface area contributed by atoms with Gasteiger partial charge in [-0.05, 0) is 44.1 Å². The molecule has 1 aliphatic carbocycles. The molecule has 1 fully saturated rings. The smallest absolute Gasteiger partial charge is 0.0965 e. The lowest BCUT2D eigenvalue weighted by molar-refractivity contribution is 0.347. The van der Waals surface area contributed by atoms with Gasteiger partial charge in [0.15, 0.2) is 0 Å². The highest BCUT2D eigenvalue weighted by Crippen LogP contribution is 2.67. The van der Waals surface area contributed by atoms with E-state index in [0.717, 1.165) is 24.7 Å². The molecule has 1 aromatic heterocycles. The van der Waals surface area contributed by atoms with E-state index in [4.69, 9.17) is 0 Å². The zero-order valence-corrected chi connectivity index (χ0v) is 13.4. The topological polar surface area (TPSA) is 42.7 Å². The van der Waals surface area contributed by atoms with Gasteiger partial charge in [-0.2, -0.15) is 0 Å². The Hall–Kier alpha value is -0.900. The van der Waals surface area contributed by atoms with Gasteiger partial charge in [0.05, 0.1) is 17.4 Å². The van der Waals surface area contributed by atoms with Crippen LogP contribution in [0.1, 0.15) is 54.2 Å². The van der Waals surface area contributed by atoms with Gasteiger partial charge >= 0.3 is 0 Å². The van der Waals surface area contributed by atoms with Gasteiger partial charge in [-0.1, -0.05) is 32.9 Å². The maximum atomic E-state index is 4.22. The molecular formula is C15H28N4. The maximum Gasteiger partial charge on any atom is 0.0965 e. The zero-order chi connectivity index (χ0) is 14.5. The molecular weight excluding hydrogens is 236 g/mol. The minimum absolute atomic E-state index is 0.00568. The van der Waals surface area contributed by atoms with Gasteiger partial charge in [0.1, 0.15) is 0 Å². The van der Waals surface area contributed by atoms with Crippen molar-refractivity contribution in [3.8, 4) is 0 Å². The zero-order valence-electron chi connectivity index (χ0n) is 13.4. The number of nitrogens with one attached hydrogen (secondary N) is 1. The Morgan fingerprint density at radius 1 is 1.21 bits per heavy atom. The minimum Gasteiger partial charge on any atom is -0.311 e. The van der Waals surface area contributed by atoms with E-state index in [9.17, 15) is 0 Å². The van der Waals surface area contributed by atoms with E-state index in [1.807, 2.05) is 10.9 Å². The Balaban J connectivity index is 1.83. The molecule has 0 amide bonds. The molecule has 0 radical (unpaired) electrons. The summed E-state index contributed by atoms with van der Waals surface area (Å²) < 4.78 is 1.93. The maximum absolute atomic E-state index is 4.22. The first-order valence-electron chi connectivity index (χ1n) is 7.19. The minimum atomic E-state index is 0.00568. The van der Waals surface area contributed by atoms with Gasteiger partial charge in [0, 0.05) is 6.54 Å². The predicted octanol–water partition coefficient (Wildman–Crippen LogP) is 2.80. The molecule has 0 aliphatic heterocycles. The fourth-order valence-electron chi connectivity index (χ4n) is 2.90. The van der Waals surface area contributed by atoms with Crippen LogP contribution in [0, 0.1) is 16.7 Å². The molecule has 19 heavy (non-hydrogen) atoms. The van der Waals surface area contributed by atoms with E-state index < -0.39 is 0 Å². The highest BCUT2D eigenvalue weighted by molar-refractivity contribution is 5.13. The van der Waals surface area contributed by atoms with Crippen molar-refractivity contribution in [3.05, 3.63) is 11.9 Å². The third kappa shape index (κ3) is 2.55. The van der Waals surface area contributed by atoms with Crippen molar-refractivity contribution < 1.29 is 0 Å². The average molecular weight is 264 g/mol. The number of rotatable bonds is 4. The molecule has 4 nitrogen and oxygen atoms in total. The van der Waals surface area contributed by atoms with Crippen molar-refractivity contribution in [1.82, 2.24) is 20.3 Å². The molecule has 0 bridgehead atoms. The monoisotopic (exact) mass is 264 g/mol. The van der Waals surface area contributed by atoms with Crippen LogP contribution in [0.15, 0.2) is 6.20 Å². The van der Waals surface area contributed by atoms with Crippen LogP contribution in [0.3, 0.4) is 0 Å². The van der Waals surface area contributed by atoms with E-state index >= 15 is 0 Å². The van der Waals surface area contributed by atoms with Crippen LogP contribution >= 0.6 is 0 Å². The second-order valence-electron chi connectivity index (χ2n) is 7.95. The number of hydrogen-bond donors (Lipinski definition) is 1. The van der Waals surface area contributed by atoms with Gasteiger partial charge in [0.2, 0.25) is 0 Å². The van der Waals surface area contributed by atoms with Crippen LogP contribution in [0.4, 0.5) is 0 Å². The normalized spacial score (nSPS) is 21.6. The third-order valence-electron chi connectivity index (χ3n) is 5.20. The molecule has 0 unspecified atom stereocenters. The Labute approximate surface area is 117 Å². The van der Waals surface area contributed by atoms with Crippen LogP contribution in [0.25, 0.3) is 0 Å². The summed E-state index contributed by atoms with van der Waals surface area (Å²) in [7, 11) is 0. The van der Waals surface area contributed by atoms with Gasteiger partial charge in [-0.25, -0.2) is 4.68 Å². The van der Waals surface area contributed by atoms with Crippen molar-refractivity contribution >= 4 is 0 Å². The first-order valence-corrected chi connectivity index (χ1v) is 7.19. The number of hydrogen-bond acceptors (Lipinski definition) is 3. The summed E-state index contributed by atoms with van der Waals surface area (Å²) in [5.74, 6) is 0.748. The Morgan fingerprint density at radius 3 is 2.21 bits per heavy atom. The molecule has 0 saturated heterocycles. The Morgan fingerprint density at radius 2 is 1.79 bits per heavy atom. The molecule has 108 valence electrons. The van der Waals surface area contributed by atoms with Crippen molar-refractivity contribution in [3.63, 3.8) is 0 Å². The first kappa shape index (κ1) is 14.5. The average Bonchev–Trinajstić information content (AvgIpc) is 2.67. The van der Waals surface area contributed by atoms with E-state index in [-0.39, 0.29) is 5.54 Å². The van der Waals surface area contributed by atoms with Crippen LogP contribution in [0.5, 0.6) is 0 Å². The van der Waals surface area contributed by atoms with Gasteiger partial charge in [-0.3, -0.25) is 0 Å². The second-order valence-corrected chi connectivity index (χ2v) is 7.95. The van der Waals surface area contributed by atoms with Gasteiger partial charge in [-0.15, -0.1) is 5.10 Å². The molecule has 0 spiro atoms. The molecule has 4 heteroatoms. The Bertz CT molecular complexity index is 437. The van der Waals surface area contributed by atoms with Crippen LogP contribution in [0.2, 0.25) is 0 Å².